The maximum atomic E-state index is 10.5. The van der Waals surface area contributed by atoms with E-state index in [0.717, 1.165) is 21.2 Å². The summed E-state index contributed by atoms with van der Waals surface area (Å²) in [5, 5.41) is 8.25. The normalized spacial score (nSPS) is 10.3. The molecule has 0 radical (unpaired) electrons. The number of hydrogen-bond acceptors (Lipinski definition) is 3. The van der Waals surface area contributed by atoms with Crippen LogP contribution in [0.2, 0.25) is 0 Å². The molecule has 0 aliphatic heterocycles. The van der Waals surface area contributed by atoms with Crippen molar-refractivity contribution in [1.82, 2.24) is 0 Å². The molecule has 0 aliphatic carbocycles. The fraction of sp³-hybridized carbons (Fsp3) is 0. The number of carbonyl (C=O) groups is 1. The average molecular weight is 204 g/mol. The predicted molar refractivity (Wildman–Crippen MR) is 58.2 cm³/mol. The molecule has 4 heteroatoms. The summed E-state index contributed by atoms with van der Waals surface area (Å²) in [6, 6.07) is 7.26. The van der Waals surface area contributed by atoms with Gasteiger partial charge in [0.2, 0.25) is 0 Å². The van der Waals surface area contributed by atoms with Gasteiger partial charge >= 0.3 is 0 Å². The van der Waals surface area contributed by atoms with Gasteiger partial charge < -0.3 is 5.73 Å². The van der Waals surface area contributed by atoms with Crippen LogP contribution >= 0.6 is 11.3 Å². The molecule has 0 spiro atoms. The molecule has 3 N–H and O–H groups in total. The van der Waals surface area contributed by atoms with Gasteiger partial charge in [0.25, 0.3) is 0 Å². The Morgan fingerprint density at radius 2 is 2.21 bits per heavy atom. The minimum Gasteiger partial charge on any atom is -0.383 e. The van der Waals surface area contributed by atoms with Crippen LogP contribution in [-0.4, -0.2) is 12.1 Å². The molecule has 0 fully saturated rings. The number of aldehydes is 1. The van der Waals surface area contributed by atoms with Crippen LogP contribution in [0.5, 0.6) is 0 Å². The fourth-order valence-electron chi connectivity index (χ4n) is 1.27. The fourth-order valence-corrected chi connectivity index (χ4v) is 2.17. The summed E-state index contributed by atoms with van der Waals surface area (Å²) < 4.78 is 1.04. The SMILES string of the molecule is N=C(N)c1cc2cc(C=O)ccc2s1. The highest BCUT2D eigenvalue weighted by atomic mass is 32.1. The highest BCUT2D eigenvalue weighted by Gasteiger charge is 2.04. The van der Waals surface area contributed by atoms with E-state index in [1.165, 1.54) is 11.3 Å². The number of rotatable bonds is 2. The van der Waals surface area contributed by atoms with Gasteiger partial charge in [-0.15, -0.1) is 11.3 Å². The van der Waals surface area contributed by atoms with Gasteiger partial charge in [0, 0.05) is 10.3 Å². The summed E-state index contributed by atoms with van der Waals surface area (Å²) in [5.41, 5.74) is 6.02. The number of carbonyl (C=O) groups excluding carboxylic acids is 1. The molecule has 0 amide bonds. The number of benzene rings is 1. The van der Waals surface area contributed by atoms with E-state index < -0.39 is 0 Å². The topological polar surface area (TPSA) is 66.9 Å². The molecule has 0 bridgehead atoms. The van der Waals surface area contributed by atoms with E-state index in [4.69, 9.17) is 11.1 Å². The Kier molecular flexibility index (Phi) is 2.05. The van der Waals surface area contributed by atoms with E-state index in [-0.39, 0.29) is 5.84 Å². The quantitative estimate of drug-likeness (QED) is 0.446. The summed E-state index contributed by atoms with van der Waals surface area (Å²) >= 11 is 1.46. The van der Waals surface area contributed by atoms with Crippen molar-refractivity contribution >= 4 is 33.5 Å². The Hall–Kier alpha value is -1.68. The Bertz CT molecular complexity index is 516. The van der Waals surface area contributed by atoms with Crippen LogP contribution < -0.4 is 5.73 Å². The molecule has 0 aliphatic rings. The first-order valence-electron chi connectivity index (χ1n) is 4.04. The molecule has 1 heterocycles. The van der Waals surface area contributed by atoms with E-state index >= 15 is 0 Å². The maximum Gasteiger partial charge on any atom is 0.150 e. The van der Waals surface area contributed by atoms with Crippen LogP contribution in [0, 0.1) is 5.41 Å². The van der Waals surface area contributed by atoms with Gasteiger partial charge in [-0.2, -0.15) is 0 Å². The third-order valence-corrected chi connectivity index (χ3v) is 3.09. The van der Waals surface area contributed by atoms with Crippen molar-refractivity contribution < 1.29 is 4.79 Å². The lowest BCUT2D eigenvalue weighted by atomic mass is 10.2. The van der Waals surface area contributed by atoms with Crippen LogP contribution in [0.3, 0.4) is 0 Å². The molecular weight excluding hydrogens is 196 g/mol. The zero-order valence-corrected chi connectivity index (χ0v) is 8.10. The van der Waals surface area contributed by atoms with E-state index in [9.17, 15) is 4.79 Å². The smallest absolute Gasteiger partial charge is 0.150 e. The Balaban J connectivity index is 2.65. The van der Waals surface area contributed by atoms with Gasteiger partial charge in [-0.05, 0) is 23.6 Å². The minimum absolute atomic E-state index is 0.0684. The van der Waals surface area contributed by atoms with Gasteiger partial charge in [0.05, 0.1) is 4.88 Å². The molecular formula is C10H8N2OS. The summed E-state index contributed by atoms with van der Waals surface area (Å²) in [5.74, 6) is 0.0684. The molecule has 2 aromatic rings. The molecule has 2 rings (SSSR count). The second kappa shape index (κ2) is 3.23. The molecule has 1 aromatic carbocycles. The number of amidine groups is 1. The standard InChI is InChI=1S/C10H8N2OS/c11-10(12)9-4-7-3-6(5-13)1-2-8(7)14-9/h1-5H,(H3,11,12). The first kappa shape index (κ1) is 8.90. The van der Waals surface area contributed by atoms with Crippen molar-refractivity contribution in [1.29, 1.82) is 5.41 Å². The summed E-state index contributed by atoms with van der Waals surface area (Å²) in [4.78, 5) is 11.3. The first-order chi connectivity index (χ1) is 6.70. The van der Waals surface area contributed by atoms with Gasteiger partial charge in [0.15, 0.2) is 0 Å². The summed E-state index contributed by atoms with van der Waals surface area (Å²) in [7, 11) is 0. The number of nitrogens with two attached hydrogens (primary N) is 1. The van der Waals surface area contributed by atoms with Crippen LogP contribution in [0.4, 0.5) is 0 Å². The Labute approximate surface area is 84.7 Å². The van der Waals surface area contributed by atoms with Crippen molar-refractivity contribution in [3.63, 3.8) is 0 Å². The van der Waals surface area contributed by atoms with Crippen molar-refractivity contribution in [2.45, 2.75) is 0 Å². The van der Waals surface area contributed by atoms with Crippen LogP contribution in [0.15, 0.2) is 24.3 Å². The highest BCUT2D eigenvalue weighted by Crippen LogP contribution is 2.25. The number of hydrogen-bond donors (Lipinski definition) is 2. The van der Waals surface area contributed by atoms with E-state index in [0.29, 0.717) is 5.56 Å². The van der Waals surface area contributed by atoms with Crippen LogP contribution in [-0.2, 0) is 0 Å². The second-order valence-electron chi connectivity index (χ2n) is 2.94. The van der Waals surface area contributed by atoms with Gasteiger partial charge in [-0.25, -0.2) is 0 Å². The Morgan fingerprint density at radius 3 is 2.86 bits per heavy atom. The molecule has 14 heavy (non-hydrogen) atoms. The highest BCUT2D eigenvalue weighted by molar-refractivity contribution is 7.20. The summed E-state index contributed by atoms with van der Waals surface area (Å²) in [6.07, 6.45) is 0.810. The second-order valence-corrected chi connectivity index (χ2v) is 4.02. The van der Waals surface area contributed by atoms with Crippen molar-refractivity contribution in [3.05, 3.63) is 34.7 Å². The molecule has 70 valence electrons. The van der Waals surface area contributed by atoms with Gasteiger partial charge in [-0.3, -0.25) is 10.2 Å². The predicted octanol–water partition coefficient (Wildman–Crippen LogP) is 2.00. The Morgan fingerprint density at radius 1 is 1.43 bits per heavy atom. The minimum atomic E-state index is 0.0684. The van der Waals surface area contributed by atoms with Gasteiger partial charge in [-0.1, -0.05) is 6.07 Å². The molecule has 0 unspecified atom stereocenters. The first-order valence-corrected chi connectivity index (χ1v) is 4.85. The summed E-state index contributed by atoms with van der Waals surface area (Å²) in [6.45, 7) is 0. The third kappa shape index (κ3) is 1.40. The van der Waals surface area contributed by atoms with E-state index in [1.807, 2.05) is 12.1 Å². The number of thiophene rings is 1. The van der Waals surface area contributed by atoms with Crippen molar-refractivity contribution in [2.75, 3.05) is 0 Å². The van der Waals surface area contributed by atoms with Crippen molar-refractivity contribution in [3.8, 4) is 0 Å². The van der Waals surface area contributed by atoms with Crippen LogP contribution in [0.1, 0.15) is 15.2 Å². The zero-order valence-electron chi connectivity index (χ0n) is 7.28. The number of fused-ring (bicyclic) bond motifs is 1. The van der Waals surface area contributed by atoms with E-state index in [1.54, 1.807) is 12.1 Å². The molecule has 0 saturated carbocycles. The lowest BCUT2D eigenvalue weighted by Gasteiger charge is -1.89. The zero-order chi connectivity index (χ0) is 10.1. The van der Waals surface area contributed by atoms with Crippen LogP contribution in [0.25, 0.3) is 10.1 Å². The monoisotopic (exact) mass is 204 g/mol. The van der Waals surface area contributed by atoms with E-state index in [2.05, 4.69) is 0 Å². The lowest BCUT2D eigenvalue weighted by molar-refractivity contribution is 0.112. The lowest BCUT2D eigenvalue weighted by Crippen LogP contribution is -2.08. The molecule has 0 atom stereocenters. The largest absolute Gasteiger partial charge is 0.383 e. The molecule has 1 aromatic heterocycles. The van der Waals surface area contributed by atoms with Gasteiger partial charge in [0.1, 0.15) is 12.1 Å². The molecule has 3 nitrogen and oxygen atoms in total. The molecule has 0 saturated heterocycles. The number of nitrogen functional groups attached to an aromatic ring is 1. The van der Waals surface area contributed by atoms with Crippen molar-refractivity contribution in [2.24, 2.45) is 5.73 Å². The third-order valence-electron chi connectivity index (χ3n) is 1.94. The average Bonchev–Trinajstić information content (AvgIpc) is 2.59. The number of nitrogens with one attached hydrogen (secondary N) is 1. The maximum absolute atomic E-state index is 10.5.